The summed E-state index contributed by atoms with van der Waals surface area (Å²) in [4.78, 5) is 1.01. The third kappa shape index (κ3) is 2.73. The van der Waals surface area contributed by atoms with Crippen LogP contribution in [0.5, 0.6) is 0 Å². The molecule has 0 aliphatic heterocycles. The van der Waals surface area contributed by atoms with Crippen LogP contribution < -0.4 is 11.1 Å². The van der Waals surface area contributed by atoms with Gasteiger partial charge in [0.15, 0.2) is 11.6 Å². The Hall–Kier alpha value is -1.75. The second-order valence-corrected chi connectivity index (χ2v) is 4.60. The summed E-state index contributed by atoms with van der Waals surface area (Å²) >= 11 is 1.56. The molecule has 0 aromatic heterocycles. The second-order valence-electron chi connectivity index (χ2n) is 3.72. The Morgan fingerprint density at radius 3 is 2.39 bits per heavy atom. The van der Waals surface area contributed by atoms with Crippen LogP contribution in [0.25, 0.3) is 0 Å². The maximum absolute atomic E-state index is 13.6. The molecule has 18 heavy (non-hydrogen) atoms. The Morgan fingerprint density at radius 1 is 1.11 bits per heavy atom. The van der Waals surface area contributed by atoms with E-state index in [1.807, 2.05) is 24.5 Å². The molecule has 0 unspecified atom stereocenters. The molecule has 0 saturated heterocycles. The summed E-state index contributed by atoms with van der Waals surface area (Å²) in [6, 6.07) is 9.48. The van der Waals surface area contributed by atoms with Gasteiger partial charge in [0.05, 0.1) is 0 Å². The number of rotatable bonds is 3. The quantitative estimate of drug-likeness (QED) is 0.651. The number of benzene rings is 2. The summed E-state index contributed by atoms with van der Waals surface area (Å²) in [6.07, 6.45) is 1.93. The molecular weight excluding hydrogens is 254 g/mol. The van der Waals surface area contributed by atoms with Crippen molar-refractivity contribution in [2.75, 3.05) is 17.3 Å². The van der Waals surface area contributed by atoms with Gasteiger partial charge in [-0.3, -0.25) is 0 Å². The number of anilines is 3. The van der Waals surface area contributed by atoms with Crippen molar-refractivity contribution in [2.45, 2.75) is 4.90 Å². The number of nitrogens with one attached hydrogen (secondary N) is 1. The second kappa shape index (κ2) is 5.27. The summed E-state index contributed by atoms with van der Waals surface area (Å²) < 4.78 is 27.2. The molecule has 0 saturated carbocycles. The van der Waals surface area contributed by atoms with Gasteiger partial charge >= 0.3 is 0 Å². The number of halogens is 2. The molecular formula is C13H12F2N2S. The fraction of sp³-hybridized carbons (Fsp3) is 0.0769. The van der Waals surface area contributed by atoms with E-state index in [1.165, 1.54) is 0 Å². The first-order chi connectivity index (χ1) is 8.60. The Labute approximate surface area is 108 Å². The Bertz CT molecular complexity index is 550. The largest absolute Gasteiger partial charge is 0.399 e. The van der Waals surface area contributed by atoms with Crippen LogP contribution in [0.3, 0.4) is 0 Å². The van der Waals surface area contributed by atoms with Gasteiger partial charge < -0.3 is 11.1 Å². The van der Waals surface area contributed by atoms with Crippen molar-refractivity contribution in [3.63, 3.8) is 0 Å². The van der Waals surface area contributed by atoms with Crippen molar-refractivity contribution >= 4 is 28.8 Å². The Kier molecular flexibility index (Phi) is 3.72. The molecule has 3 N–H and O–H groups in total. The van der Waals surface area contributed by atoms with E-state index in [2.05, 4.69) is 5.32 Å². The van der Waals surface area contributed by atoms with Crippen molar-refractivity contribution < 1.29 is 8.78 Å². The van der Waals surface area contributed by atoms with Crippen molar-refractivity contribution in [2.24, 2.45) is 0 Å². The van der Waals surface area contributed by atoms with Crippen LogP contribution in [-0.2, 0) is 0 Å². The van der Waals surface area contributed by atoms with Crippen LogP contribution in [0, 0.1) is 11.6 Å². The molecule has 0 radical (unpaired) electrons. The summed E-state index contributed by atoms with van der Waals surface area (Å²) in [5, 5.41) is 2.72. The molecule has 5 heteroatoms. The van der Waals surface area contributed by atoms with Crippen molar-refractivity contribution in [1.29, 1.82) is 0 Å². The van der Waals surface area contributed by atoms with Crippen LogP contribution >= 0.6 is 11.8 Å². The number of nitrogen functional groups attached to an aromatic ring is 1. The van der Waals surface area contributed by atoms with Gasteiger partial charge in [-0.05, 0) is 36.6 Å². The number of thioether (sulfide) groups is 1. The maximum Gasteiger partial charge on any atom is 0.151 e. The van der Waals surface area contributed by atoms with Crippen molar-refractivity contribution in [3.05, 3.63) is 48.0 Å². The summed E-state index contributed by atoms with van der Waals surface area (Å²) in [6.45, 7) is 0. The van der Waals surface area contributed by atoms with E-state index >= 15 is 0 Å². The highest BCUT2D eigenvalue weighted by Gasteiger charge is 2.10. The highest BCUT2D eigenvalue weighted by atomic mass is 32.2. The summed E-state index contributed by atoms with van der Waals surface area (Å²) in [7, 11) is 0. The molecule has 2 rings (SSSR count). The minimum absolute atomic E-state index is 0.0633. The SMILES string of the molecule is CSc1cccc(Nc2c(F)cc(N)cc2F)c1. The van der Waals surface area contributed by atoms with Crippen LogP contribution in [-0.4, -0.2) is 6.26 Å². The third-order valence-electron chi connectivity index (χ3n) is 2.40. The third-order valence-corrected chi connectivity index (χ3v) is 3.13. The fourth-order valence-corrected chi connectivity index (χ4v) is 2.02. The van der Waals surface area contributed by atoms with Crippen LogP contribution in [0.4, 0.5) is 25.8 Å². The Morgan fingerprint density at radius 2 is 1.78 bits per heavy atom. The van der Waals surface area contributed by atoms with Crippen LogP contribution in [0.2, 0.25) is 0 Å². The molecule has 0 atom stereocenters. The lowest BCUT2D eigenvalue weighted by Crippen LogP contribution is -1.99. The molecule has 0 spiro atoms. The molecule has 2 nitrogen and oxygen atoms in total. The van der Waals surface area contributed by atoms with Gasteiger partial charge in [-0.1, -0.05) is 6.07 Å². The summed E-state index contributed by atoms with van der Waals surface area (Å²) in [5.41, 5.74) is 5.86. The first kappa shape index (κ1) is 12.7. The fourth-order valence-electron chi connectivity index (χ4n) is 1.56. The minimum atomic E-state index is -0.706. The van der Waals surface area contributed by atoms with Gasteiger partial charge in [-0.15, -0.1) is 11.8 Å². The minimum Gasteiger partial charge on any atom is -0.399 e. The van der Waals surface area contributed by atoms with Crippen LogP contribution in [0.15, 0.2) is 41.3 Å². The van der Waals surface area contributed by atoms with Gasteiger partial charge in [0.1, 0.15) is 5.69 Å². The van der Waals surface area contributed by atoms with E-state index in [1.54, 1.807) is 17.8 Å². The van der Waals surface area contributed by atoms with Gasteiger partial charge in [0.25, 0.3) is 0 Å². The van der Waals surface area contributed by atoms with Gasteiger partial charge in [0, 0.05) is 16.3 Å². The van der Waals surface area contributed by atoms with E-state index in [0.717, 1.165) is 17.0 Å². The molecule has 2 aromatic rings. The molecule has 0 heterocycles. The standard InChI is InChI=1S/C13H12F2N2S/c1-18-10-4-2-3-9(7-10)17-13-11(14)5-8(16)6-12(13)15/h2-7,17H,16H2,1H3. The summed E-state index contributed by atoms with van der Waals surface area (Å²) in [5.74, 6) is -1.41. The highest BCUT2D eigenvalue weighted by molar-refractivity contribution is 7.98. The molecule has 0 aliphatic carbocycles. The van der Waals surface area contributed by atoms with E-state index in [9.17, 15) is 8.78 Å². The predicted octanol–water partition coefficient (Wildman–Crippen LogP) is 4.01. The predicted molar refractivity (Wildman–Crippen MR) is 72.3 cm³/mol. The first-order valence-electron chi connectivity index (χ1n) is 5.26. The molecule has 0 aliphatic rings. The van der Waals surface area contributed by atoms with Gasteiger partial charge in [-0.25, -0.2) is 8.78 Å². The maximum atomic E-state index is 13.6. The topological polar surface area (TPSA) is 38.0 Å². The normalized spacial score (nSPS) is 10.4. The molecule has 2 aromatic carbocycles. The van der Waals surface area contributed by atoms with E-state index in [-0.39, 0.29) is 11.4 Å². The van der Waals surface area contributed by atoms with Crippen molar-refractivity contribution in [3.8, 4) is 0 Å². The lowest BCUT2D eigenvalue weighted by molar-refractivity contribution is 0.592. The monoisotopic (exact) mass is 266 g/mol. The zero-order chi connectivity index (χ0) is 13.1. The Balaban J connectivity index is 2.33. The molecule has 0 amide bonds. The van der Waals surface area contributed by atoms with Gasteiger partial charge in [0.2, 0.25) is 0 Å². The lowest BCUT2D eigenvalue weighted by Gasteiger charge is -2.10. The average molecular weight is 266 g/mol. The smallest absolute Gasteiger partial charge is 0.151 e. The van der Waals surface area contributed by atoms with Crippen LogP contribution in [0.1, 0.15) is 0 Å². The number of hydrogen-bond donors (Lipinski definition) is 2. The zero-order valence-electron chi connectivity index (χ0n) is 9.71. The number of hydrogen-bond acceptors (Lipinski definition) is 3. The van der Waals surface area contributed by atoms with Crippen molar-refractivity contribution in [1.82, 2.24) is 0 Å². The number of nitrogens with two attached hydrogens (primary N) is 1. The average Bonchev–Trinajstić information content (AvgIpc) is 2.34. The van der Waals surface area contributed by atoms with E-state index in [0.29, 0.717) is 5.69 Å². The molecule has 94 valence electrons. The lowest BCUT2D eigenvalue weighted by atomic mass is 10.2. The molecule has 0 fully saturated rings. The zero-order valence-corrected chi connectivity index (χ0v) is 10.5. The van der Waals surface area contributed by atoms with E-state index in [4.69, 9.17) is 5.73 Å². The highest BCUT2D eigenvalue weighted by Crippen LogP contribution is 2.27. The first-order valence-corrected chi connectivity index (χ1v) is 6.48. The molecule has 0 bridgehead atoms. The van der Waals surface area contributed by atoms with E-state index < -0.39 is 11.6 Å². The van der Waals surface area contributed by atoms with Gasteiger partial charge in [-0.2, -0.15) is 0 Å².